The highest BCUT2D eigenvalue weighted by Crippen LogP contribution is 1.97. The zero-order chi connectivity index (χ0) is 10.9. The van der Waals surface area contributed by atoms with Crippen molar-refractivity contribution in [3.63, 3.8) is 0 Å². The van der Waals surface area contributed by atoms with Gasteiger partial charge in [-0.1, -0.05) is 13.8 Å². The minimum atomic E-state index is -0.822. The first kappa shape index (κ1) is 10.8. The summed E-state index contributed by atoms with van der Waals surface area (Å²) in [6, 6.07) is 0. The van der Waals surface area contributed by atoms with Crippen molar-refractivity contribution >= 4 is 21.8 Å². The molecule has 1 N–H and O–H groups in total. The van der Waals surface area contributed by atoms with Gasteiger partial charge in [0.15, 0.2) is 4.60 Å². The molecule has 1 heterocycles. The lowest BCUT2D eigenvalue weighted by Gasteiger charge is -2.04. The van der Waals surface area contributed by atoms with Gasteiger partial charge in [-0.25, -0.2) is 4.79 Å². The number of hydrogen-bond acceptors (Lipinski definition) is 4. The average molecular weight is 262 g/mol. The van der Waals surface area contributed by atoms with Crippen LogP contribution < -0.4 is 11.2 Å². The Bertz CT molecular complexity index is 474. The van der Waals surface area contributed by atoms with Crippen LogP contribution in [0.15, 0.2) is 14.2 Å². The number of rotatable bonds is 1. The van der Waals surface area contributed by atoms with Gasteiger partial charge in [0, 0.05) is 5.92 Å². The van der Waals surface area contributed by atoms with Crippen molar-refractivity contribution < 1.29 is 4.79 Å². The van der Waals surface area contributed by atoms with E-state index < -0.39 is 17.2 Å². The molecule has 0 saturated carbocycles. The summed E-state index contributed by atoms with van der Waals surface area (Å²) in [5, 5.41) is 3.52. The molecule has 0 saturated heterocycles. The van der Waals surface area contributed by atoms with Crippen molar-refractivity contribution in [2.45, 2.75) is 13.8 Å². The second kappa shape index (κ2) is 3.87. The maximum Gasteiger partial charge on any atom is 0.352 e. The first-order valence-corrected chi connectivity index (χ1v) is 4.66. The molecule has 6 nitrogen and oxygen atoms in total. The minimum absolute atomic E-state index is 0.0916. The fourth-order valence-electron chi connectivity index (χ4n) is 0.774. The summed E-state index contributed by atoms with van der Waals surface area (Å²) >= 11 is 2.83. The number of nitrogens with one attached hydrogen (secondary N) is 1. The highest BCUT2D eigenvalue weighted by Gasteiger charge is 2.14. The SMILES string of the molecule is CC(C)C(=O)n1nc(Br)c(=O)[nH]c1=O. The van der Waals surface area contributed by atoms with Gasteiger partial charge >= 0.3 is 5.69 Å². The van der Waals surface area contributed by atoms with Gasteiger partial charge in [0.1, 0.15) is 0 Å². The van der Waals surface area contributed by atoms with Crippen molar-refractivity contribution in [2.75, 3.05) is 0 Å². The second-order valence-corrected chi connectivity index (χ2v) is 3.71. The predicted octanol–water partition coefficient (Wildman–Crippen LogP) is -0.00970. The van der Waals surface area contributed by atoms with Crippen LogP contribution in [0, 0.1) is 5.92 Å². The number of halogens is 1. The molecular weight excluding hydrogens is 254 g/mol. The maximum atomic E-state index is 11.4. The molecule has 0 unspecified atom stereocenters. The van der Waals surface area contributed by atoms with Crippen LogP contribution in [-0.2, 0) is 0 Å². The lowest BCUT2D eigenvalue weighted by Crippen LogP contribution is -2.38. The highest BCUT2D eigenvalue weighted by molar-refractivity contribution is 9.10. The van der Waals surface area contributed by atoms with Crippen LogP contribution >= 0.6 is 15.9 Å². The molecular formula is C7H8BrN3O3. The summed E-state index contributed by atoms with van der Waals surface area (Å²) in [6.07, 6.45) is 0. The molecule has 1 aromatic heterocycles. The van der Waals surface area contributed by atoms with E-state index in [1.807, 2.05) is 4.98 Å². The van der Waals surface area contributed by atoms with Crippen LogP contribution in [0.4, 0.5) is 0 Å². The Kier molecular flexibility index (Phi) is 3.00. The standard InChI is InChI=1S/C7H8BrN3O3/c1-3(2)6(13)11-7(14)9-5(12)4(8)10-11/h3H,1-2H3,(H,9,12,14). The number of aromatic amines is 1. The van der Waals surface area contributed by atoms with Gasteiger partial charge < -0.3 is 0 Å². The number of carbonyl (C=O) groups is 1. The Balaban J connectivity index is 3.37. The van der Waals surface area contributed by atoms with Crippen LogP contribution in [0.25, 0.3) is 0 Å². The van der Waals surface area contributed by atoms with E-state index in [4.69, 9.17) is 0 Å². The number of H-pyrrole nitrogens is 1. The predicted molar refractivity (Wildman–Crippen MR) is 52.3 cm³/mol. The Labute approximate surface area is 87.1 Å². The number of aromatic nitrogens is 3. The molecule has 0 radical (unpaired) electrons. The van der Waals surface area contributed by atoms with Gasteiger partial charge in [-0.3, -0.25) is 14.6 Å². The second-order valence-electron chi connectivity index (χ2n) is 2.95. The van der Waals surface area contributed by atoms with E-state index in [9.17, 15) is 14.4 Å². The van der Waals surface area contributed by atoms with Crippen molar-refractivity contribution in [2.24, 2.45) is 5.92 Å². The summed E-state index contributed by atoms with van der Waals surface area (Å²) < 4.78 is 0.543. The summed E-state index contributed by atoms with van der Waals surface area (Å²) in [4.78, 5) is 35.4. The molecule has 14 heavy (non-hydrogen) atoms. The topological polar surface area (TPSA) is 84.8 Å². The van der Waals surface area contributed by atoms with E-state index in [2.05, 4.69) is 21.0 Å². The molecule has 1 rings (SSSR count). The van der Waals surface area contributed by atoms with Gasteiger partial charge in [0.25, 0.3) is 11.5 Å². The Morgan fingerprint density at radius 1 is 1.50 bits per heavy atom. The molecule has 0 aliphatic carbocycles. The van der Waals surface area contributed by atoms with Crippen molar-refractivity contribution in [1.29, 1.82) is 0 Å². The average Bonchev–Trinajstić information content (AvgIpc) is 2.10. The Morgan fingerprint density at radius 3 is 2.57 bits per heavy atom. The zero-order valence-corrected chi connectivity index (χ0v) is 9.16. The molecule has 0 bridgehead atoms. The molecule has 0 amide bonds. The van der Waals surface area contributed by atoms with Gasteiger partial charge in [-0.15, -0.1) is 9.78 Å². The fraction of sp³-hybridized carbons (Fsp3) is 0.429. The lowest BCUT2D eigenvalue weighted by molar-refractivity contribution is 0.0828. The summed E-state index contributed by atoms with van der Waals surface area (Å²) in [6.45, 7) is 3.27. The van der Waals surface area contributed by atoms with E-state index in [-0.39, 0.29) is 10.5 Å². The summed E-state index contributed by atoms with van der Waals surface area (Å²) in [5.41, 5.74) is -1.47. The molecule has 1 aromatic rings. The maximum absolute atomic E-state index is 11.4. The van der Waals surface area contributed by atoms with E-state index in [0.717, 1.165) is 0 Å². The smallest absolute Gasteiger partial charge is 0.272 e. The summed E-state index contributed by atoms with van der Waals surface area (Å²) in [7, 11) is 0. The van der Waals surface area contributed by atoms with Gasteiger partial charge in [0.2, 0.25) is 0 Å². The number of nitrogens with zero attached hydrogens (tertiary/aromatic N) is 2. The molecule has 0 spiro atoms. The third kappa shape index (κ3) is 1.98. The third-order valence-electron chi connectivity index (χ3n) is 1.49. The highest BCUT2D eigenvalue weighted by atomic mass is 79.9. The van der Waals surface area contributed by atoms with E-state index >= 15 is 0 Å². The Hall–Kier alpha value is -1.24. The van der Waals surface area contributed by atoms with Crippen molar-refractivity contribution in [3.8, 4) is 0 Å². The molecule has 0 atom stereocenters. The van der Waals surface area contributed by atoms with Gasteiger partial charge in [0.05, 0.1) is 0 Å². The minimum Gasteiger partial charge on any atom is -0.272 e. The van der Waals surface area contributed by atoms with Crippen LogP contribution in [0.3, 0.4) is 0 Å². The van der Waals surface area contributed by atoms with E-state index in [1.165, 1.54) is 0 Å². The molecule has 0 aliphatic heterocycles. The van der Waals surface area contributed by atoms with Crippen LogP contribution in [-0.4, -0.2) is 20.7 Å². The Morgan fingerprint density at radius 2 is 2.07 bits per heavy atom. The van der Waals surface area contributed by atoms with Crippen LogP contribution in [0.1, 0.15) is 18.6 Å². The first-order chi connectivity index (χ1) is 6.43. The number of carbonyl (C=O) groups excluding carboxylic acids is 1. The van der Waals surface area contributed by atoms with Gasteiger partial charge in [-0.2, -0.15) is 0 Å². The summed E-state index contributed by atoms with van der Waals surface area (Å²) in [5.74, 6) is -0.829. The van der Waals surface area contributed by atoms with Crippen molar-refractivity contribution in [3.05, 3.63) is 25.4 Å². The van der Waals surface area contributed by atoms with E-state index in [0.29, 0.717) is 4.68 Å². The zero-order valence-electron chi connectivity index (χ0n) is 7.57. The molecule has 7 heteroatoms. The lowest BCUT2D eigenvalue weighted by atomic mass is 10.2. The van der Waals surface area contributed by atoms with Crippen molar-refractivity contribution in [1.82, 2.24) is 14.8 Å². The quantitative estimate of drug-likeness (QED) is 0.771. The monoisotopic (exact) mass is 261 g/mol. The molecule has 0 fully saturated rings. The third-order valence-corrected chi connectivity index (χ3v) is 2.01. The first-order valence-electron chi connectivity index (χ1n) is 3.87. The van der Waals surface area contributed by atoms with E-state index in [1.54, 1.807) is 13.8 Å². The molecule has 0 aromatic carbocycles. The largest absolute Gasteiger partial charge is 0.352 e. The van der Waals surface area contributed by atoms with Crippen LogP contribution in [0.5, 0.6) is 0 Å². The fourth-order valence-corrected chi connectivity index (χ4v) is 1.03. The van der Waals surface area contributed by atoms with Crippen LogP contribution in [0.2, 0.25) is 0 Å². The number of hydrogen-bond donors (Lipinski definition) is 1. The normalized spacial score (nSPS) is 10.6. The molecule has 76 valence electrons. The molecule has 0 aliphatic rings. The van der Waals surface area contributed by atoms with Gasteiger partial charge in [-0.05, 0) is 15.9 Å².